The minimum absolute atomic E-state index is 0.0306. The number of carbonyl (C=O) groups is 1. The van der Waals surface area contributed by atoms with Crippen molar-refractivity contribution in [3.63, 3.8) is 0 Å². The topological polar surface area (TPSA) is 148 Å². The maximum absolute atomic E-state index is 12.9. The van der Waals surface area contributed by atoms with Crippen molar-refractivity contribution in [3.8, 4) is 5.75 Å². The van der Waals surface area contributed by atoms with E-state index in [1.165, 1.54) is 12.1 Å². The fourth-order valence-corrected chi connectivity index (χ4v) is 3.17. The molecule has 1 aromatic rings. The lowest BCUT2D eigenvalue weighted by atomic mass is 9.81. The number of phenols is 1. The van der Waals surface area contributed by atoms with Crippen molar-refractivity contribution in [1.29, 1.82) is 0 Å². The van der Waals surface area contributed by atoms with Crippen LogP contribution < -0.4 is 0 Å². The summed E-state index contributed by atoms with van der Waals surface area (Å²) in [6.45, 7) is 1.74. The predicted molar refractivity (Wildman–Crippen MR) is 90.5 cm³/mol. The van der Waals surface area contributed by atoms with E-state index >= 15 is 0 Å². The number of hydrogen-bond acceptors (Lipinski definition) is 5. The van der Waals surface area contributed by atoms with Crippen molar-refractivity contribution in [1.82, 2.24) is 0 Å². The highest BCUT2D eigenvalue weighted by atomic mass is 31.2. The first-order valence-corrected chi connectivity index (χ1v) is 8.98. The highest BCUT2D eigenvalue weighted by Crippen LogP contribution is 2.39. The van der Waals surface area contributed by atoms with E-state index in [0.717, 1.165) is 12.2 Å². The van der Waals surface area contributed by atoms with Gasteiger partial charge in [0.25, 0.3) is 0 Å². The Labute approximate surface area is 143 Å². The minimum Gasteiger partial charge on any atom is -0.511 e. The molecule has 0 spiro atoms. The van der Waals surface area contributed by atoms with Crippen LogP contribution in [0.2, 0.25) is 0 Å². The second-order valence-electron chi connectivity index (χ2n) is 5.56. The summed E-state index contributed by atoms with van der Waals surface area (Å²) in [5, 5.41) is 29.0. The number of allylic oxidation sites excluding steroid dienone is 3. The highest BCUT2D eigenvalue weighted by Gasteiger charge is 2.36. The first kappa shape index (κ1) is 18.9. The van der Waals surface area contributed by atoms with Gasteiger partial charge in [0, 0.05) is 18.1 Å². The van der Waals surface area contributed by atoms with Crippen LogP contribution in [0.3, 0.4) is 0 Å². The Morgan fingerprint density at radius 3 is 2.28 bits per heavy atom. The smallest absolute Gasteiger partial charge is 0.448 e. The van der Waals surface area contributed by atoms with Gasteiger partial charge in [-0.15, -0.1) is 0 Å². The summed E-state index contributed by atoms with van der Waals surface area (Å²) in [5.74, 6) is -3.61. The molecule has 0 fully saturated rings. The summed E-state index contributed by atoms with van der Waals surface area (Å²) in [7, 11) is -4.87. The average molecular weight is 367 g/mol. The monoisotopic (exact) mass is 367 g/mol. The Bertz CT molecular complexity index is 804. The Morgan fingerprint density at radius 1 is 1.16 bits per heavy atom. The molecule has 0 saturated heterocycles. The second kappa shape index (κ2) is 7.23. The summed E-state index contributed by atoms with van der Waals surface area (Å²) in [5.41, 5.74) is 0.167. The van der Waals surface area contributed by atoms with Gasteiger partial charge < -0.3 is 25.1 Å². The molecule has 2 rings (SSSR count). The van der Waals surface area contributed by atoms with Gasteiger partial charge in [0.05, 0.1) is 5.71 Å². The lowest BCUT2D eigenvalue weighted by Crippen LogP contribution is -2.31. The Hall–Kier alpha value is -2.41. The number of rotatable bonds is 5. The van der Waals surface area contributed by atoms with Gasteiger partial charge in [0.1, 0.15) is 23.2 Å². The normalized spacial score (nSPS) is 20.8. The molecule has 2 atom stereocenters. The number of aliphatic hydroxyl groups is 2. The van der Waals surface area contributed by atoms with E-state index in [0.29, 0.717) is 12.0 Å². The number of carbonyl (C=O) groups excluding carboxylic acids is 1. The molecule has 0 aromatic heterocycles. The maximum Gasteiger partial charge on any atom is 0.448 e. The van der Waals surface area contributed by atoms with E-state index in [1.807, 2.05) is 0 Å². The van der Waals surface area contributed by atoms with E-state index < -0.39 is 42.6 Å². The summed E-state index contributed by atoms with van der Waals surface area (Å²) >= 11 is 0. The Balaban J connectivity index is 2.46. The van der Waals surface area contributed by atoms with Crippen molar-refractivity contribution < 1.29 is 34.5 Å². The molecule has 1 aliphatic carbocycles. The minimum atomic E-state index is -4.87. The predicted octanol–water partition coefficient (Wildman–Crippen LogP) is 2.50. The average Bonchev–Trinajstić information content (AvgIpc) is 2.47. The van der Waals surface area contributed by atoms with Crippen molar-refractivity contribution in [2.24, 2.45) is 10.7 Å². The second-order valence-corrected chi connectivity index (χ2v) is 6.79. The quantitative estimate of drug-likeness (QED) is 0.502. The number of aliphatic hydroxyl groups excluding tert-OH is 2. The van der Waals surface area contributed by atoms with Crippen LogP contribution in [0.15, 0.2) is 52.7 Å². The van der Waals surface area contributed by atoms with E-state index in [1.54, 1.807) is 19.1 Å². The van der Waals surface area contributed by atoms with Gasteiger partial charge in [-0.1, -0.05) is 19.1 Å². The number of hydrogen-bond donors (Lipinski definition) is 5. The summed E-state index contributed by atoms with van der Waals surface area (Å²) in [6.07, 6.45) is 2.22. The summed E-state index contributed by atoms with van der Waals surface area (Å²) in [6, 6.07) is 5.94. The summed E-state index contributed by atoms with van der Waals surface area (Å²) < 4.78 is 14.4. The third-order valence-electron chi connectivity index (χ3n) is 3.76. The Morgan fingerprint density at radius 2 is 1.76 bits per heavy atom. The molecule has 0 heterocycles. The van der Waals surface area contributed by atoms with Crippen LogP contribution in [-0.4, -0.2) is 36.6 Å². The van der Waals surface area contributed by atoms with Gasteiger partial charge in [-0.2, -0.15) is 4.76 Å². The zero-order valence-corrected chi connectivity index (χ0v) is 14.2. The van der Waals surface area contributed by atoms with Crippen LogP contribution in [-0.2, 0) is 9.36 Å². The van der Waals surface area contributed by atoms with Crippen LogP contribution in [0, 0.1) is 5.92 Å². The molecule has 0 saturated carbocycles. The van der Waals surface area contributed by atoms with Crippen LogP contribution in [0.5, 0.6) is 5.75 Å². The number of benzene rings is 1. The SMILES string of the molecule is CCC(C(=O)C1C(O)=CC(O)=CC1=NP(=O)(O)O)c1ccc(O)cc1. The molecule has 1 aromatic carbocycles. The maximum atomic E-state index is 12.9. The molecule has 8 nitrogen and oxygen atoms in total. The molecule has 5 N–H and O–H groups in total. The van der Waals surface area contributed by atoms with Crippen molar-refractivity contribution in [3.05, 3.63) is 53.5 Å². The first-order chi connectivity index (χ1) is 11.6. The number of Topliss-reactive ketones (excluding diaryl/α,β-unsaturated/α-hetero) is 1. The third kappa shape index (κ3) is 4.57. The molecule has 134 valence electrons. The van der Waals surface area contributed by atoms with Gasteiger partial charge in [-0.3, -0.25) is 4.79 Å². The first-order valence-electron chi connectivity index (χ1n) is 7.42. The van der Waals surface area contributed by atoms with Crippen LogP contribution in [0.25, 0.3) is 0 Å². The fourth-order valence-electron chi connectivity index (χ4n) is 2.70. The van der Waals surface area contributed by atoms with Gasteiger partial charge in [0.2, 0.25) is 0 Å². The number of phenolic OH excluding ortho intramolecular Hbond substituents is 1. The lowest BCUT2D eigenvalue weighted by molar-refractivity contribution is -0.122. The van der Waals surface area contributed by atoms with Crippen LogP contribution in [0.1, 0.15) is 24.8 Å². The molecule has 0 aliphatic heterocycles. The lowest BCUT2D eigenvalue weighted by Gasteiger charge is -2.24. The standard InChI is InChI=1S/C16H18NO7P/c1-2-12(9-3-5-10(18)6-4-9)16(21)15-13(17-25(22,23)24)7-11(19)8-14(15)20/h3-8,12,15,18-20H,2H2,1H3,(H2,22,23,24). The molecule has 0 radical (unpaired) electrons. The Kier molecular flexibility index (Phi) is 5.47. The van der Waals surface area contributed by atoms with E-state index in [-0.39, 0.29) is 5.75 Å². The largest absolute Gasteiger partial charge is 0.511 e. The van der Waals surface area contributed by atoms with E-state index in [2.05, 4.69) is 4.76 Å². The number of aromatic hydroxyl groups is 1. The molecule has 1 aliphatic rings. The molecule has 2 unspecified atom stereocenters. The van der Waals surface area contributed by atoms with Gasteiger partial charge in [-0.05, 0) is 24.1 Å². The van der Waals surface area contributed by atoms with Crippen molar-refractivity contribution >= 4 is 19.2 Å². The van der Waals surface area contributed by atoms with Crippen LogP contribution >= 0.6 is 7.75 Å². The molecule has 9 heteroatoms. The van der Waals surface area contributed by atoms with Gasteiger partial charge in [-0.25, -0.2) is 4.57 Å². The van der Waals surface area contributed by atoms with Crippen molar-refractivity contribution in [2.75, 3.05) is 0 Å². The highest BCUT2D eigenvalue weighted by molar-refractivity contribution is 7.50. The molecule has 25 heavy (non-hydrogen) atoms. The van der Waals surface area contributed by atoms with Gasteiger partial charge >= 0.3 is 7.75 Å². The zero-order valence-electron chi connectivity index (χ0n) is 13.3. The summed E-state index contributed by atoms with van der Waals surface area (Å²) in [4.78, 5) is 31.0. The molecular weight excluding hydrogens is 349 g/mol. The van der Waals surface area contributed by atoms with E-state index in [4.69, 9.17) is 9.79 Å². The van der Waals surface area contributed by atoms with E-state index in [9.17, 15) is 24.7 Å². The van der Waals surface area contributed by atoms with Crippen LogP contribution in [0.4, 0.5) is 0 Å². The molecule has 0 amide bonds. The molecule has 0 bridgehead atoms. The van der Waals surface area contributed by atoms with Gasteiger partial charge in [0.15, 0.2) is 5.78 Å². The third-order valence-corrected chi connectivity index (χ3v) is 4.25. The number of ketones is 1. The fraction of sp³-hybridized carbons (Fsp3) is 0.250. The van der Waals surface area contributed by atoms with Crippen molar-refractivity contribution in [2.45, 2.75) is 19.3 Å². The molecular formula is C16H18NO7P. The number of nitrogens with zero attached hydrogens (tertiary/aromatic N) is 1. The zero-order chi connectivity index (χ0) is 18.8.